The number of Topliss-reactive ketones (excluding diaryl/α,β-unsaturated/α-hetero) is 2. The number of ketones is 2. The zero-order valence-electron chi connectivity index (χ0n) is 22.7. The summed E-state index contributed by atoms with van der Waals surface area (Å²) in [4.78, 5) is 43.4. The second kappa shape index (κ2) is 10.3. The molecular formula is C31H34NNaO6. The monoisotopic (exact) mass is 539 g/mol. The first kappa shape index (κ1) is 29.2. The van der Waals surface area contributed by atoms with Crippen molar-refractivity contribution < 1.29 is 29.0 Å². The quantitative estimate of drug-likeness (QED) is 0.511. The van der Waals surface area contributed by atoms with Gasteiger partial charge in [0, 0.05) is 48.0 Å². The average molecular weight is 540 g/mol. The summed E-state index contributed by atoms with van der Waals surface area (Å²) in [5, 5.41) is 9.48. The molecule has 8 heteroatoms. The van der Waals surface area contributed by atoms with E-state index < -0.39 is 11.9 Å². The number of allylic oxidation sites excluding steroid dienone is 4. The van der Waals surface area contributed by atoms with E-state index in [-0.39, 0.29) is 57.6 Å². The van der Waals surface area contributed by atoms with Crippen LogP contribution in [0.5, 0.6) is 5.75 Å². The van der Waals surface area contributed by atoms with Gasteiger partial charge in [-0.25, -0.2) is 9.78 Å². The number of nitrogens with zero attached hydrogens (tertiary/aromatic N) is 1. The van der Waals surface area contributed by atoms with Gasteiger partial charge in [0.1, 0.15) is 23.0 Å². The Bertz CT molecular complexity index is 1410. The van der Waals surface area contributed by atoms with Crippen molar-refractivity contribution in [3.05, 3.63) is 69.8 Å². The van der Waals surface area contributed by atoms with E-state index >= 15 is 0 Å². The number of rotatable bonds is 4. The molecule has 200 valence electrons. The van der Waals surface area contributed by atoms with Gasteiger partial charge in [0.05, 0.1) is 18.7 Å². The predicted molar refractivity (Wildman–Crippen MR) is 149 cm³/mol. The van der Waals surface area contributed by atoms with E-state index in [0.717, 1.165) is 11.1 Å². The van der Waals surface area contributed by atoms with Gasteiger partial charge in [0.15, 0.2) is 11.6 Å². The topological polar surface area (TPSA) is 103 Å². The van der Waals surface area contributed by atoms with Crippen molar-refractivity contribution in [2.75, 3.05) is 7.11 Å². The minimum absolute atomic E-state index is 0. The molecule has 3 aliphatic rings. The average Bonchev–Trinajstić information content (AvgIpc) is 2.81. The fraction of sp³-hybridized carbons (Fsp3) is 0.419. The normalized spacial score (nSPS) is 20.1. The second-order valence-electron chi connectivity index (χ2n) is 12.2. The zero-order valence-corrected chi connectivity index (χ0v) is 22.7. The van der Waals surface area contributed by atoms with Crippen molar-refractivity contribution in [2.24, 2.45) is 10.8 Å². The summed E-state index contributed by atoms with van der Waals surface area (Å²) in [6, 6.07) is 8.50. The number of aromatic nitrogens is 1. The summed E-state index contributed by atoms with van der Waals surface area (Å²) in [6.07, 6.45) is 1.91. The van der Waals surface area contributed by atoms with Crippen LogP contribution >= 0.6 is 0 Å². The SMILES string of the molecule is COc1ccc(-c2cccc(C(=O)O)n2)c(C)c1C1C2=C(CC(C)(C)CC2=O)OC2=C1C(=O)CC(C)(C)C2.[NaH]. The Morgan fingerprint density at radius 2 is 1.51 bits per heavy atom. The number of pyridine rings is 1. The van der Waals surface area contributed by atoms with E-state index in [9.17, 15) is 19.5 Å². The summed E-state index contributed by atoms with van der Waals surface area (Å²) in [6.45, 7) is 10.1. The van der Waals surface area contributed by atoms with Crippen LogP contribution in [-0.4, -0.2) is 64.3 Å². The number of benzene rings is 1. The summed E-state index contributed by atoms with van der Waals surface area (Å²) < 4.78 is 12.2. The molecule has 1 aliphatic heterocycles. The van der Waals surface area contributed by atoms with Crippen molar-refractivity contribution in [3.8, 4) is 17.0 Å². The van der Waals surface area contributed by atoms with E-state index in [0.29, 0.717) is 65.4 Å². The maximum absolute atomic E-state index is 13.7. The molecule has 0 saturated heterocycles. The van der Waals surface area contributed by atoms with E-state index in [1.54, 1.807) is 25.3 Å². The Kier molecular flexibility index (Phi) is 7.76. The number of hydrogen-bond donors (Lipinski definition) is 1. The minimum atomic E-state index is -1.11. The maximum atomic E-state index is 13.7. The number of methoxy groups -OCH3 is 1. The molecule has 1 aromatic carbocycles. The van der Waals surface area contributed by atoms with Gasteiger partial charge in [-0.1, -0.05) is 33.8 Å². The van der Waals surface area contributed by atoms with E-state index in [4.69, 9.17) is 9.47 Å². The van der Waals surface area contributed by atoms with Gasteiger partial charge in [-0.15, -0.1) is 0 Å². The molecule has 1 aromatic heterocycles. The van der Waals surface area contributed by atoms with Crippen molar-refractivity contribution in [2.45, 2.75) is 66.2 Å². The van der Waals surface area contributed by atoms with Crippen LogP contribution in [0.1, 0.15) is 80.9 Å². The summed E-state index contributed by atoms with van der Waals surface area (Å²) in [5.74, 6) is 0.0430. The van der Waals surface area contributed by atoms with E-state index in [1.165, 1.54) is 6.07 Å². The molecule has 1 N–H and O–H groups in total. The molecule has 0 bridgehead atoms. The third-order valence-corrected chi connectivity index (χ3v) is 7.81. The number of carbonyl (C=O) groups is 3. The van der Waals surface area contributed by atoms with Crippen molar-refractivity contribution in [3.63, 3.8) is 0 Å². The molecule has 39 heavy (non-hydrogen) atoms. The third kappa shape index (κ3) is 5.24. The van der Waals surface area contributed by atoms with Crippen LogP contribution in [-0.2, 0) is 14.3 Å². The number of hydrogen-bond acceptors (Lipinski definition) is 6. The standard InChI is InChI=1S/C31H33NO6.Na.H/c1-16-17(18-8-7-9-19(32-18)29(35)36)10-11-22(37-6)25(16)28-26-20(33)12-30(2,3)14-23(26)38-24-15-31(4,5)13-21(34)27(24)28;;/h7-11,28H,12-15H2,1-6H3,(H,35,36);;. The second-order valence-corrected chi connectivity index (χ2v) is 12.2. The Morgan fingerprint density at radius 1 is 0.949 bits per heavy atom. The van der Waals surface area contributed by atoms with Crippen LogP contribution in [0.2, 0.25) is 0 Å². The van der Waals surface area contributed by atoms with Crippen LogP contribution < -0.4 is 4.74 Å². The predicted octanol–water partition coefficient (Wildman–Crippen LogP) is 5.52. The fourth-order valence-corrected chi connectivity index (χ4v) is 6.19. The molecule has 0 unspecified atom stereocenters. The summed E-state index contributed by atoms with van der Waals surface area (Å²) >= 11 is 0. The Labute approximate surface area is 251 Å². The number of carboxylic acids is 1. The molecule has 2 aliphatic carbocycles. The third-order valence-electron chi connectivity index (χ3n) is 7.81. The molecule has 0 saturated carbocycles. The van der Waals surface area contributed by atoms with Crippen LogP contribution in [0.25, 0.3) is 11.3 Å². The molecule has 0 atom stereocenters. The van der Waals surface area contributed by atoms with Gasteiger partial charge in [-0.2, -0.15) is 0 Å². The summed E-state index contributed by atoms with van der Waals surface area (Å²) in [7, 11) is 1.57. The van der Waals surface area contributed by atoms with Gasteiger partial charge in [-0.05, 0) is 47.6 Å². The molecule has 7 nitrogen and oxygen atoms in total. The number of carbonyl (C=O) groups excluding carboxylic acids is 2. The van der Waals surface area contributed by atoms with Gasteiger partial charge in [0.25, 0.3) is 0 Å². The summed E-state index contributed by atoms with van der Waals surface area (Å²) in [5.41, 5.74) is 3.20. The van der Waals surface area contributed by atoms with Crippen LogP contribution in [0.15, 0.2) is 53.0 Å². The van der Waals surface area contributed by atoms with Gasteiger partial charge < -0.3 is 14.6 Å². The van der Waals surface area contributed by atoms with Crippen molar-refractivity contribution in [1.29, 1.82) is 0 Å². The Balaban J connectivity index is 0.00000353. The zero-order chi connectivity index (χ0) is 27.6. The van der Waals surface area contributed by atoms with E-state index in [2.05, 4.69) is 32.7 Å². The first-order valence-corrected chi connectivity index (χ1v) is 12.9. The van der Waals surface area contributed by atoms with Gasteiger partial charge in [-0.3, -0.25) is 9.59 Å². The van der Waals surface area contributed by atoms with Crippen LogP contribution in [0.4, 0.5) is 0 Å². The molecule has 2 heterocycles. The first-order chi connectivity index (χ1) is 17.8. The van der Waals surface area contributed by atoms with Crippen molar-refractivity contribution in [1.82, 2.24) is 4.98 Å². The number of carboxylic acid groups (broad SMARTS) is 1. The number of ether oxygens (including phenoxy) is 2. The Hall–Kier alpha value is -2.74. The number of aromatic carboxylic acids is 1. The van der Waals surface area contributed by atoms with Gasteiger partial charge >= 0.3 is 35.5 Å². The first-order valence-electron chi connectivity index (χ1n) is 12.9. The fourth-order valence-electron chi connectivity index (χ4n) is 6.19. The molecule has 5 rings (SSSR count). The molecule has 0 spiro atoms. The van der Waals surface area contributed by atoms with Crippen LogP contribution in [0.3, 0.4) is 0 Å². The molecular weight excluding hydrogens is 505 g/mol. The van der Waals surface area contributed by atoms with E-state index in [1.807, 2.05) is 13.0 Å². The molecule has 0 radical (unpaired) electrons. The molecule has 2 aromatic rings. The Morgan fingerprint density at radius 3 is 2.03 bits per heavy atom. The molecule has 0 fully saturated rings. The molecule has 0 amide bonds. The van der Waals surface area contributed by atoms with Crippen molar-refractivity contribution >= 4 is 47.1 Å². The van der Waals surface area contributed by atoms with Gasteiger partial charge in [0.2, 0.25) is 0 Å². The van der Waals surface area contributed by atoms with Crippen LogP contribution in [0, 0.1) is 17.8 Å².